The van der Waals surface area contributed by atoms with Gasteiger partial charge >= 0.3 is 0 Å². The number of benzene rings is 1. The van der Waals surface area contributed by atoms with E-state index in [1.165, 1.54) is 24.3 Å². The lowest BCUT2D eigenvalue weighted by Crippen LogP contribution is -2.27. The Kier molecular flexibility index (Phi) is 2.78. The van der Waals surface area contributed by atoms with Crippen molar-refractivity contribution in [2.45, 2.75) is 24.7 Å². The van der Waals surface area contributed by atoms with Crippen LogP contribution in [0, 0.1) is 28.8 Å². The summed E-state index contributed by atoms with van der Waals surface area (Å²) in [5.41, 5.74) is -3.01. The molecule has 0 amide bonds. The number of nitriles is 1. The lowest BCUT2D eigenvalue weighted by molar-refractivity contribution is 0.250. The minimum Gasteiger partial charge on any atom is -0.339 e. The molecule has 1 aliphatic heterocycles. The van der Waals surface area contributed by atoms with Gasteiger partial charge in [0.2, 0.25) is 0 Å². The summed E-state index contributed by atoms with van der Waals surface area (Å²) < 4.78 is 47.3. The van der Waals surface area contributed by atoms with Gasteiger partial charge in [0.15, 0.2) is 22.8 Å². The molecule has 3 rings (SSSR count). The number of rotatable bonds is 3. The average Bonchev–Trinajstić information content (AvgIpc) is 2.80. The first-order chi connectivity index (χ1) is 9.92. The van der Waals surface area contributed by atoms with E-state index in [-0.39, 0.29) is 12.1 Å². The number of hydrogen-bond donors (Lipinski definition) is 0. The molecule has 0 saturated carbocycles. The number of hydrogen-bond acceptors (Lipinski definition) is 4. The number of nitrogens with zero attached hydrogens (tertiary/aromatic N) is 4. The van der Waals surface area contributed by atoms with Crippen molar-refractivity contribution in [2.75, 3.05) is 0 Å². The summed E-state index contributed by atoms with van der Waals surface area (Å²) in [6.07, 6.45) is 2.63. The highest BCUT2D eigenvalue weighted by molar-refractivity contribution is 5.39. The molecule has 2 heterocycles. The maximum atomic E-state index is 14.0. The average molecular weight is 294 g/mol. The van der Waals surface area contributed by atoms with Gasteiger partial charge in [0, 0.05) is 11.6 Å². The topological polar surface area (TPSA) is 67.0 Å². The maximum absolute atomic E-state index is 14.0. The van der Waals surface area contributed by atoms with Gasteiger partial charge in [0.1, 0.15) is 24.5 Å². The standard InChI is InChI=1S/C13H9F3N4O/c1-12(4-17)13(21-12,5-20-7-18-6-19-20)8-2-10(15)11(16)3-9(8)14/h2-3,6-7H,5H2,1H3/t12-,13+/m0/s1. The van der Waals surface area contributed by atoms with E-state index in [9.17, 15) is 18.4 Å². The van der Waals surface area contributed by atoms with Gasteiger partial charge in [0.25, 0.3) is 0 Å². The van der Waals surface area contributed by atoms with Crippen LogP contribution in [0.3, 0.4) is 0 Å². The van der Waals surface area contributed by atoms with Gasteiger partial charge < -0.3 is 4.74 Å². The third kappa shape index (κ3) is 1.89. The molecule has 0 bridgehead atoms. The van der Waals surface area contributed by atoms with Gasteiger partial charge in [-0.3, -0.25) is 0 Å². The van der Waals surface area contributed by atoms with E-state index in [4.69, 9.17) is 4.74 Å². The molecule has 2 atom stereocenters. The normalized spacial score (nSPS) is 27.4. The minimum atomic E-state index is -1.44. The third-order valence-electron chi connectivity index (χ3n) is 3.62. The van der Waals surface area contributed by atoms with Gasteiger partial charge in [-0.1, -0.05) is 0 Å². The molecular formula is C13H9F3N4O. The van der Waals surface area contributed by atoms with Crippen LogP contribution >= 0.6 is 0 Å². The van der Waals surface area contributed by atoms with Gasteiger partial charge in [0.05, 0.1) is 6.54 Å². The number of epoxide rings is 1. The molecule has 2 aromatic rings. The largest absolute Gasteiger partial charge is 0.339 e. The Bertz CT molecular complexity index is 743. The van der Waals surface area contributed by atoms with E-state index in [0.717, 1.165) is 0 Å². The Balaban J connectivity index is 2.11. The zero-order chi connectivity index (χ0) is 15.3. The van der Waals surface area contributed by atoms with Crippen LogP contribution in [0.15, 0.2) is 24.8 Å². The predicted molar refractivity (Wildman–Crippen MR) is 63.1 cm³/mol. The molecule has 1 aromatic carbocycles. The molecule has 0 radical (unpaired) electrons. The lowest BCUT2D eigenvalue weighted by Gasteiger charge is -2.15. The highest BCUT2D eigenvalue weighted by Gasteiger charge is 2.70. The van der Waals surface area contributed by atoms with Gasteiger partial charge in [-0.2, -0.15) is 10.4 Å². The van der Waals surface area contributed by atoms with E-state index < -0.39 is 28.7 Å². The van der Waals surface area contributed by atoms with Gasteiger partial charge in [-0.25, -0.2) is 22.8 Å². The van der Waals surface area contributed by atoms with Crippen molar-refractivity contribution >= 4 is 0 Å². The summed E-state index contributed by atoms with van der Waals surface area (Å²) >= 11 is 0. The molecule has 5 nitrogen and oxygen atoms in total. The van der Waals surface area contributed by atoms with Crippen molar-refractivity contribution in [2.24, 2.45) is 0 Å². The summed E-state index contributed by atoms with van der Waals surface area (Å²) in [5, 5.41) is 13.1. The molecule has 0 spiro atoms. The van der Waals surface area contributed by atoms with Crippen LogP contribution in [-0.2, 0) is 16.9 Å². The third-order valence-corrected chi connectivity index (χ3v) is 3.62. The summed E-state index contributed by atoms with van der Waals surface area (Å²) in [4.78, 5) is 3.74. The number of halogens is 3. The molecule has 21 heavy (non-hydrogen) atoms. The van der Waals surface area contributed by atoms with Crippen molar-refractivity contribution in [1.29, 1.82) is 5.26 Å². The fourth-order valence-corrected chi connectivity index (χ4v) is 2.39. The predicted octanol–water partition coefficient (Wildman–Crippen LogP) is 1.90. The Morgan fingerprint density at radius 1 is 1.29 bits per heavy atom. The number of ether oxygens (including phenoxy) is 1. The van der Waals surface area contributed by atoms with E-state index in [2.05, 4.69) is 10.1 Å². The van der Waals surface area contributed by atoms with E-state index >= 15 is 0 Å². The van der Waals surface area contributed by atoms with Crippen molar-refractivity contribution < 1.29 is 17.9 Å². The van der Waals surface area contributed by atoms with Crippen molar-refractivity contribution in [3.8, 4) is 6.07 Å². The first-order valence-electron chi connectivity index (χ1n) is 6.01. The van der Waals surface area contributed by atoms with Crippen LogP contribution in [0.4, 0.5) is 13.2 Å². The molecule has 0 unspecified atom stereocenters. The maximum Gasteiger partial charge on any atom is 0.187 e. The number of aromatic nitrogens is 3. The van der Waals surface area contributed by atoms with Crippen LogP contribution in [0.1, 0.15) is 12.5 Å². The molecule has 1 fully saturated rings. The van der Waals surface area contributed by atoms with Crippen LogP contribution < -0.4 is 0 Å². The van der Waals surface area contributed by atoms with E-state index in [1.54, 1.807) is 0 Å². The quantitative estimate of drug-likeness (QED) is 0.640. The summed E-state index contributed by atoms with van der Waals surface area (Å²) in [5.74, 6) is -3.49. The second kappa shape index (κ2) is 4.30. The second-order valence-electron chi connectivity index (χ2n) is 4.91. The SMILES string of the molecule is C[C@@]1(C#N)O[C@]1(Cn1cncn1)c1cc(F)c(F)cc1F. The molecule has 108 valence electrons. The second-order valence-corrected chi connectivity index (χ2v) is 4.91. The van der Waals surface area contributed by atoms with Crippen molar-refractivity contribution in [1.82, 2.24) is 14.8 Å². The Hall–Kier alpha value is -2.40. The van der Waals surface area contributed by atoms with E-state index in [0.29, 0.717) is 12.1 Å². The first-order valence-corrected chi connectivity index (χ1v) is 6.01. The first kappa shape index (κ1) is 13.6. The fourth-order valence-electron chi connectivity index (χ4n) is 2.39. The molecular weight excluding hydrogens is 285 g/mol. The fraction of sp³-hybridized carbons (Fsp3) is 0.308. The molecule has 1 aromatic heterocycles. The highest BCUT2D eigenvalue weighted by Crippen LogP contribution is 2.57. The molecule has 0 aliphatic carbocycles. The molecule has 1 saturated heterocycles. The van der Waals surface area contributed by atoms with Gasteiger partial charge in [-0.05, 0) is 13.0 Å². The monoisotopic (exact) mass is 294 g/mol. The van der Waals surface area contributed by atoms with Crippen LogP contribution in [0.5, 0.6) is 0 Å². The lowest BCUT2D eigenvalue weighted by atomic mass is 9.87. The summed E-state index contributed by atoms with van der Waals surface area (Å²) in [7, 11) is 0. The Labute approximate surface area is 117 Å². The van der Waals surface area contributed by atoms with Crippen LogP contribution in [0.2, 0.25) is 0 Å². The highest BCUT2D eigenvalue weighted by atomic mass is 19.2. The molecule has 1 aliphatic rings. The minimum absolute atomic E-state index is 0.0426. The molecule has 8 heteroatoms. The zero-order valence-corrected chi connectivity index (χ0v) is 10.8. The Morgan fingerprint density at radius 3 is 2.57 bits per heavy atom. The Morgan fingerprint density at radius 2 is 2.00 bits per heavy atom. The van der Waals surface area contributed by atoms with Crippen LogP contribution in [0.25, 0.3) is 0 Å². The molecule has 0 N–H and O–H groups in total. The van der Waals surface area contributed by atoms with Crippen molar-refractivity contribution in [3.05, 3.63) is 47.8 Å². The summed E-state index contributed by atoms with van der Waals surface area (Å²) in [6, 6.07) is 3.06. The smallest absolute Gasteiger partial charge is 0.187 e. The van der Waals surface area contributed by atoms with Crippen molar-refractivity contribution in [3.63, 3.8) is 0 Å². The van der Waals surface area contributed by atoms with Gasteiger partial charge in [-0.15, -0.1) is 0 Å². The van der Waals surface area contributed by atoms with E-state index in [1.807, 2.05) is 6.07 Å². The zero-order valence-electron chi connectivity index (χ0n) is 10.8. The summed E-state index contributed by atoms with van der Waals surface area (Å²) in [6.45, 7) is 1.41. The van der Waals surface area contributed by atoms with Crippen LogP contribution in [-0.4, -0.2) is 20.4 Å².